The third kappa shape index (κ3) is 3.35. The summed E-state index contributed by atoms with van der Waals surface area (Å²) in [6.07, 6.45) is 0. The first kappa shape index (κ1) is 14.1. The van der Waals surface area contributed by atoms with Gasteiger partial charge in [0.25, 0.3) is 0 Å². The summed E-state index contributed by atoms with van der Waals surface area (Å²) in [6.45, 7) is 5.69. The van der Waals surface area contributed by atoms with Gasteiger partial charge in [0, 0.05) is 0 Å². The van der Waals surface area contributed by atoms with Gasteiger partial charge in [-0.05, 0) is 0 Å². The fraction of sp³-hybridized carbons (Fsp3) is 0.0667. The van der Waals surface area contributed by atoms with Gasteiger partial charge in [0.2, 0.25) is 0 Å². The molecule has 0 N–H and O–H groups in total. The molecule has 2 aromatic rings. The Morgan fingerprint density at radius 2 is 1.58 bits per heavy atom. The summed E-state index contributed by atoms with van der Waals surface area (Å²) in [5.74, 6) is 0. The molecule has 2 nitrogen and oxygen atoms in total. The molecule has 0 aromatic heterocycles. The van der Waals surface area contributed by atoms with Gasteiger partial charge in [-0.2, -0.15) is 0 Å². The van der Waals surface area contributed by atoms with Crippen LogP contribution in [0.15, 0.2) is 69.9 Å². The molecule has 0 atom stereocenters. The Balaban J connectivity index is 2.25. The fourth-order valence-electron chi connectivity index (χ4n) is 1.52. The molecule has 0 aliphatic rings. The van der Waals surface area contributed by atoms with E-state index in [1.807, 2.05) is 37.3 Å². The van der Waals surface area contributed by atoms with E-state index in [9.17, 15) is 8.42 Å². The van der Waals surface area contributed by atoms with Crippen molar-refractivity contribution in [2.75, 3.05) is 0 Å². The fourth-order valence-corrected chi connectivity index (χ4v) is 5.35. The molecule has 0 unspecified atom stereocenters. The van der Waals surface area contributed by atoms with Crippen LogP contribution in [0.5, 0.6) is 0 Å². The van der Waals surface area contributed by atoms with Gasteiger partial charge in [0.05, 0.1) is 0 Å². The normalized spacial score (nSPS) is 11.2. The van der Waals surface area contributed by atoms with Crippen LogP contribution in [0.4, 0.5) is 0 Å². The average molecular weight is 337 g/mol. The van der Waals surface area contributed by atoms with Gasteiger partial charge in [0.15, 0.2) is 0 Å². The molecular weight excluding hydrogens is 323 g/mol. The Bertz CT molecular complexity index is 674. The Morgan fingerprint density at radius 3 is 2.16 bits per heavy atom. The van der Waals surface area contributed by atoms with E-state index >= 15 is 0 Å². The van der Waals surface area contributed by atoms with E-state index in [-0.39, 0.29) is 18.8 Å². The molecule has 0 fully saturated rings. The van der Waals surface area contributed by atoms with Crippen molar-refractivity contribution >= 4 is 29.3 Å². The monoisotopic (exact) mass is 338 g/mol. The molecule has 0 aliphatic carbocycles. The molecule has 19 heavy (non-hydrogen) atoms. The SMILES string of the molecule is C=C([Se]c1ccccc1)S(=O)(=O)c1ccc(C)cc1. The van der Waals surface area contributed by atoms with Gasteiger partial charge in [-0.25, -0.2) is 0 Å². The summed E-state index contributed by atoms with van der Waals surface area (Å²) in [7, 11) is -3.42. The second-order valence-electron chi connectivity index (χ2n) is 4.10. The van der Waals surface area contributed by atoms with E-state index in [0.29, 0.717) is 4.90 Å². The van der Waals surface area contributed by atoms with E-state index in [0.717, 1.165) is 10.0 Å². The van der Waals surface area contributed by atoms with Crippen molar-refractivity contribution in [3.05, 3.63) is 70.5 Å². The maximum absolute atomic E-state index is 12.4. The maximum atomic E-state index is 12.4. The third-order valence-electron chi connectivity index (χ3n) is 2.61. The van der Waals surface area contributed by atoms with Gasteiger partial charge >= 0.3 is 120 Å². The minimum atomic E-state index is -3.42. The first-order valence-electron chi connectivity index (χ1n) is 5.74. The van der Waals surface area contributed by atoms with E-state index in [1.54, 1.807) is 24.3 Å². The summed E-state index contributed by atoms with van der Waals surface area (Å²) < 4.78 is 26.0. The van der Waals surface area contributed by atoms with Gasteiger partial charge in [-0.3, -0.25) is 0 Å². The molecule has 0 radical (unpaired) electrons. The number of sulfone groups is 1. The quantitative estimate of drug-likeness (QED) is 0.802. The van der Waals surface area contributed by atoms with Crippen LogP contribution in [0.2, 0.25) is 0 Å². The van der Waals surface area contributed by atoms with Crippen LogP contribution in [0.1, 0.15) is 5.56 Å². The van der Waals surface area contributed by atoms with Crippen molar-refractivity contribution in [3.8, 4) is 0 Å². The average Bonchev–Trinajstić information content (AvgIpc) is 2.40. The summed E-state index contributed by atoms with van der Waals surface area (Å²) in [5.41, 5.74) is 1.04. The van der Waals surface area contributed by atoms with E-state index in [1.165, 1.54) is 0 Å². The number of aryl methyl sites for hydroxylation is 1. The molecule has 0 amide bonds. The summed E-state index contributed by atoms with van der Waals surface area (Å²) in [6, 6.07) is 16.5. The Morgan fingerprint density at radius 1 is 1.00 bits per heavy atom. The van der Waals surface area contributed by atoms with Crippen molar-refractivity contribution in [3.63, 3.8) is 0 Å². The van der Waals surface area contributed by atoms with Crippen LogP contribution in [0.25, 0.3) is 0 Å². The van der Waals surface area contributed by atoms with Crippen LogP contribution < -0.4 is 4.46 Å². The Kier molecular flexibility index (Phi) is 4.25. The standard InChI is InChI=1S/C15H14O2SSe/c1-12-8-10-14(11-9-12)18(16,17)13(2)19-15-6-4-3-5-7-15/h3-11H,2H2,1H3. The summed E-state index contributed by atoms with van der Waals surface area (Å²) >= 11 is -0.273. The number of rotatable bonds is 4. The Hall–Kier alpha value is -1.35. The van der Waals surface area contributed by atoms with Crippen molar-refractivity contribution in [2.24, 2.45) is 0 Å². The van der Waals surface area contributed by atoms with Crippen molar-refractivity contribution in [1.29, 1.82) is 0 Å². The predicted octanol–water partition coefficient (Wildman–Crippen LogP) is 2.27. The zero-order valence-corrected chi connectivity index (χ0v) is 13.1. The van der Waals surface area contributed by atoms with Crippen LogP contribution >= 0.6 is 0 Å². The third-order valence-corrected chi connectivity index (χ3v) is 7.46. The van der Waals surface area contributed by atoms with Crippen molar-refractivity contribution < 1.29 is 8.42 Å². The zero-order valence-electron chi connectivity index (χ0n) is 10.5. The predicted molar refractivity (Wildman–Crippen MR) is 79.3 cm³/mol. The van der Waals surface area contributed by atoms with Gasteiger partial charge < -0.3 is 0 Å². The molecule has 0 heterocycles. The molecular formula is C15H14O2SSe. The number of hydrogen-bond acceptors (Lipinski definition) is 2. The molecule has 98 valence electrons. The van der Waals surface area contributed by atoms with Gasteiger partial charge in [0.1, 0.15) is 0 Å². The van der Waals surface area contributed by atoms with Gasteiger partial charge in [-0.1, -0.05) is 0 Å². The van der Waals surface area contributed by atoms with Crippen LogP contribution in [-0.2, 0) is 9.84 Å². The second kappa shape index (κ2) is 5.74. The molecule has 0 aliphatic heterocycles. The minimum absolute atomic E-state index is 0.273. The number of hydrogen-bond donors (Lipinski definition) is 0. The number of benzene rings is 2. The van der Waals surface area contributed by atoms with Crippen LogP contribution in [-0.4, -0.2) is 23.4 Å². The van der Waals surface area contributed by atoms with E-state index in [2.05, 4.69) is 6.58 Å². The zero-order chi connectivity index (χ0) is 13.9. The van der Waals surface area contributed by atoms with Gasteiger partial charge in [-0.15, -0.1) is 0 Å². The van der Waals surface area contributed by atoms with Crippen molar-refractivity contribution in [2.45, 2.75) is 11.8 Å². The Labute approximate surface area is 120 Å². The van der Waals surface area contributed by atoms with Crippen molar-refractivity contribution in [1.82, 2.24) is 0 Å². The van der Waals surface area contributed by atoms with E-state index in [4.69, 9.17) is 0 Å². The first-order chi connectivity index (χ1) is 9.00. The first-order valence-corrected chi connectivity index (χ1v) is 8.93. The van der Waals surface area contributed by atoms with E-state index < -0.39 is 9.84 Å². The summed E-state index contributed by atoms with van der Waals surface area (Å²) in [5, 5.41) is 0. The van der Waals surface area contributed by atoms with Crippen LogP contribution in [0.3, 0.4) is 0 Å². The molecule has 2 aromatic carbocycles. The topological polar surface area (TPSA) is 34.1 Å². The molecule has 0 bridgehead atoms. The van der Waals surface area contributed by atoms with Crippen LogP contribution in [0, 0.1) is 6.92 Å². The molecule has 0 spiro atoms. The molecule has 4 heteroatoms. The molecule has 0 saturated carbocycles. The second-order valence-corrected chi connectivity index (χ2v) is 9.11. The molecule has 0 saturated heterocycles. The molecule has 2 rings (SSSR count). The summed E-state index contributed by atoms with van der Waals surface area (Å²) in [4.78, 5) is 0.320.